The van der Waals surface area contributed by atoms with E-state index in [9.17, 15) is 14.4 Å². The number of nitrogens with zero attached hydrogens (tertiary/aromatic N) is 7. The van der Waals surface area contributed by atoms with Crippen LogP contribution < -0.4 is 25.8 Å². The van der Waals surface area contributed by atoms with Crippen LogP contribution in [0.4, 0.5) is 43.5 Å². The third kappa shape index (κ3) is 25.6. The van der Waals surface area contributed by atoms with Crippen molar-refractivity contribution in [3.8, 4) is 0 Å². The number of alkyl halides is 2. The van der Waals surface area contributed by atoms with Gasteiger partial charge in [0.05, 0.1) is 13.1 Å². The minimum Gasteiger partial charge on any atom is -0.444 e. The number of amides is 3. The summed E-state index contributed by atoms with van der Waals surface area (Å²) in [6, 6.07) is 58.4. The number of hydrogen-bond donors (Lipinski definition) is 3. The molecule has 11 aromatic rings. The smallest absolute Gasteiger partial charge is 0.416 e. The van der Waals surface area contributed by atoms with Crippen molar-refractivity contribution in [1.82, 2.24) is 24.9 Å². The zero-order chi connectivity index (χ0) is 75.8. The predicted octanol–water partition coefficient (Wildman–Crippen LogP) is 22.5. The maximum absolute atomic E-state index is 13.3. The van der Waals surface area contributed by atoms with Crippen LogP contribution in [-0.4, -0.2) is 60.0 Å². The van der Waals surface area contributed by atoms with Crippen molar-refractivity contribution in [2.24, 2.45) is 0 Å². The first-order valence-corrected chi connectivity index (χ1v) is 37.2. The molecule has 544 valence electrons. The number of aromatic nitrogens is 5. The van der Waals surface area contributed by atoms with Gasteiger partial charge in [0.2, 0.25) is 0 Å². The molecule has 3 N–H and O–H groups in total. The molecule has 0 saturated carbocycles. The first-order valence-electron chi connectivity index (χ1n) is 34.9. The zero-order valence-corrected chi connectivity index (χ0v) is 66.9. The molecule has 5 aromatic heterocycles. The van der Waals surface area contributed by atoms with Crippen LogP contribution in [0.15, 0.2) is 170 Å². The highest BCUT2D eigenvalue weighted by atomic mass is 79.9. The van der Waals surface area contributed by atoms with E-state index in [-0.39, 0.29) is 0 Å². The molecule has 0 saturated heterocycles. The van der Waals surface area contributed by atoms with E-state index in [2.05, 4.69) is 196 Å². The second-order valence-corrected chi connectivity index (χ2v) is 30.7. The highest BCUT2D eigenvalue weighted by molar-refractivity contribution is 9.08. The lowest BCUT2D eigenvalue weighted by Crippen LogP contribution is -2.37. The summed E-state index contributed by atoms with van der Waals surface area (Å²) in [4.78, 5) is 63.8. The molecule has 0 spiro atoms. The Labute approximate surface area is 631 Å². The average molecular weight is 1530 g/mol. The van der Waals surface area contributed by atoms with Gasteiger partial charge in [-0.05, 0) is 310 Å². The van der Waals surface area contributed by atoms with Gasteiger partial charge in [0.25, 0.3) is 0 Å². The molecule has 16 nitrogen and oxygen atoms in total. The van der Waals surface area contributed by atoms with Crippen molar-refractivity contribution in [3.05, 3.63) is 260 Å². The molecule has 0 unspecified atom stereocenters. The summed E-state index contributed by atoms with van der Waals surface area (Å²) >= 11 is 6.93. The van der Waals surface area contributed by atoms with Crippen molar-refractivity contribution >= 4 is 112 Å². The van der Waals surface area contributed by atoms with E-state index in [0.717, 1.165) is 102 Å². The molecule has 0 aliphatic carbocycles. The fourth-order valence-electron chi connectivity index (χ4n) is 11.6. The summed E-state index contributed by atoms with van der Waals surface area (Å²) in [6.45, 7) is 38.6. The molecular weight excluding hydrogens is 1430 g/mol. The standard InChI is InChI=1S/C36H44N4O4.C26H28N4.C12H10Br2.C12H18N2O2/c1-23-15-25(3)37-31(17-23)39(33(41)43-35(5,6)7)21-27-11-13-30-20-28(12-14-29(30)19-27)22-40(34(42)44-36(8,9)10)32-18-24(2)16-26(4)38-32;1-17-9-19(3)29-25(11-17)27-15-21-5-7-24-14-22(6-8-23(24)13-21)16-28-26-12-18(2)10-20(4)30-26;13-7-9-1-3-11-6-10(8-14)2-4-12(11)5-9;1-8-6-9(2)13-10(7-8)14-11(15)16-12(3,4)5/h11-20H,21-22H2,1-10H3;5-14H,15-16H2,1-4H3,(H,27,29)(H,28,30);1-6H,7-8H2;6-7H,1-5H3,(H,13,14,15). The Morgan fingerprint density at radius 3 is 0.913 bits per heavy atom. The second kappa shape index (κ2) is 35.6. The largest absolute Gasteiger partial charge is 0.444 e. The zero-order valence-electron chi connectivity index (χ0n) is 63.7. The molecule has 104 heavy (non-hydrogen) atoms. The first kappa shape index (κ1) is 79.9. The van der Waals surface area contributed by atoms with Crippen LogP contribution in [0.25, 0.3) is 32.3 Å². The van der Waals surface area contributed by atoms with Gasteiger partial charge in [-0.25, -0.2) is 39.3 Å². The Kier molecular flexibility index (Phi) is 27.4. The van der Waals surface area contributed by atoms with E-state index in [0.29, 0.717) is 30.5 Å². The SMILES string of the molecule is BrCc1ccc2cc(CBr)ccc2c1.Cc1cc(C)nc(N(Cc2ccc3cc(CN(C(=O)OC(C)(C)C)c4cc(C)cc(C)n4)ccc3c2)C(=O)OC(C)(C)C)c1.Cc1cc(C)nc(NC(=O)OC(C)(C)C)c1.Cc1cc(C)nc(NCc2ccc3cc(CNc4cc(C)cc(C)n4)ccc3c2)c1. The minimum absolute atomic E-state index is 0.299. The van der Waals surface area contributed by atoms with Gasteiger partial charge in [-0.1, -0.05) is 117 Å². The van der Waals surface area contributed by atoms with E-state index < -0.39 is 35.1 Å². The third-order valence-electron chi connectivity index (χ3n) is 15.7. The lowest BCUT2D eigenvalue weighted by Gasteiger charge is -2.27. The normalized spacial score (nSPS) is 11.3. The van der Waals surface area contributed by atoms with Crippen LogP contribution in [0.5, 0.6) is 0 Å². The number of carbonyl (C=O) groups is 3. The van der Waals surface area contributed by atoms with E-state index in [1.54, 1.807) is 15.9 Å². The summed E-state index contributed by atoms with van der Waals surface area (Å²) in [6.07, 6.45) is -1.38. The Balaban J connectivity index is 0.000000195. The highest BCUT2D eigenvalue weighted by Crippen LogP contribution is 2.29. The van der Waals surface area contributed by atoms with Crippen LogP contribution in [0.3, 0.4) is 0 Å². The van der Waals surface area contributed by atoms with Gasteiger partial charge >= 0.3 is 18.3 Å². The van der Waals surface area contributed by atoms with E-state index >= 15 is 0 Å². The van der Waals surface area contributed by atoms with Gasteiger partial charge in [-0.15, -0.1) is 0 Å². The lowest BCUT2D eigenvalue weighted by molar-refractivity contribution is 0.0565. The molecule has 18 heteroatoms. The number of fused-ring (bicyclic) bond motifs is 3. The van der Waals surface area contributed by atoms with Gasteiger partial charge in [0.15, 0.2) is 0 Å². The molecule has 3 amide bonds. The molecule has 0 aliphatic rings. The molecule has 0 bridgehead atoms. The fraction of sp³-hybridized carbons (Fsp3) is 0.326. The number of ether oxygens (including phenoxy) is 3. The van der Waals surface area contributed by atoms with Gasteiger partial charge in [0, 0.05) is 52.2 Å². The quantitative estimate of drug-likeness (QED) is 0.0651. The van der Waals surface area contributed by atoms with E-state index in [4.69, 9.17) is 14.2 Å². The number of rotatable bonds is 15. The van der Waals surface area contributed by atoms with Crippen molar-refractivity contribution in [1.29, 1.82) is 0 Å². The fourth-order valence-corrected chi connectivity index (χ4v) is 12.3. The van der Waals surface area contributed by atoms with Gasteiger partial charge in [-0.2, -0.15) is 0 Å². The van der Waals surface area contributed by atoms with Crippen LogP contribution in [0.1, 0.15) is 152 Å². The Morgan fingerprint density at radius 2 is 0.606 bits per heavy atom. The molecule has 0 fully saturated rings. The number of benzene rings is 6. The monoisotopic (exact) mass is 1530 g/mol. The Hall–Kier alpha value is -9.78. The van der Waals surface area contributed by atoms with E-state index in [1.807, 2.05) is 172 Å². The summed E-state index contributed by atoms with van der Waals surface area (Å²) in [5, 5.41) is 18.5. The Morgan fingerprint density at radius 1 is 0.337 bits per heavy atom. The number of aryl methyl sites for hydroxylation is 10. The van der Waals surface area contributed by atoms with Crippen molar-refractivity contribution in [3.63, 3.8) is 0 Å². The summed E-state index contributed by atoms with van der Waals surface area (Å²) in [7, 11) is 0. The van der Waals surface area contributed by atoms with Crippen molar-refractivity contribution in [2.75, 3.05) is 25.8 Å². The molecule has 0 radical (unpaired) electrons. The van der Waals surface area contributed by atoms with Gasteiger partial charge in [0.1, 0.15) is 45.9 Å². The number of anilines is 5. The summed E-state index contributed by atoms with van der Waals surface area (Å²) in [5.41, 5.74) is 15.4. The maximum Gasteiger partial charge on any atom is 0.416 e. The van der Waals surface area contributed by atoms with Crippen LogP contribution >= 0.6 is 31.9 Å². The van der Waals surface area contributed by atoms with Crippen LogP contribution in [0, 0.1) is 69.2 Å². The topological polar surface area (TPSA) is 186 Å². The van der Waals surface area contributed by atoms with Crippen molar-refractivity contribution in [2.45, 2.75) is 185 Å². The van der Waals surface area contributed by atoms with Gasteiger partial charge in [-0.3, -0.25) is 15.1 Å². The lowest BCUT2D eigenvalue weighted by atomic mass is 10.0. The molecule has 5 heterocycles. The van der Waals surface area contributed by atoms with E-state index in [1.165, 1.54) is 54.9 Å². The summed E-state index contributed by atoms with van der Waals surface area (Å²) < 4.78 is 16.6. The number of nitrogens with one attached hydrogen (secondary N) is 3. The molecule has 6 aromatic carbocycles. The van der Waals surface area contributed by atoms with Gasteiger partial charge < -0.3 is 24.8 Å². The third-order valence-corrected chi connectivity index (χ3v) is 17.0. The number of hydrogen-bond acceptors (Lipinski definition) is 13. The number of halogens is 2. The number of carbonyl (C=O) groups excluding carboxylic acids is 3. The molecular formula is C86H100Br2N10O6. The summed E-state index contributed by atoms with van der Waals surface area (Å²) in [5.74, 6) is 3.47. The first-order chi connectivity index (χ1) is 49.0. The highest BCUT2D eigenvalue weighted by Gasteiger charge is 2.27. The molecule has 0 atom stereocenters. The van der Waals surface area contributed by atoms with Crippen molar-refractivity contribution < 1.29 is 28.6 Å². The minimum atomic E-state index is -0.645. The average Bonchev–Trinajstić information content (AvgIpc) is 0.798. The van der Waals surface area contributed by atoms with Crippen LogP contribution in [-0.2, 0) is 51.0 Å². The Bertz CT molecular complexity index is 4480. The predicted molar refractivity (Wildman–Crippen MR) is 435 cm³/mol. The second-order valence-electron chi connectivity index (χ2n) is 29.6. The number of pyridine rings is 5. The van der Waals surface area contributed by atoms with Crippen LogP contribution in [0.2, 0.25) is 0 Å². The maximum atomic E-state index is 13.3. The molecule has 0 aliphatic heterocycles. The molecule has 11 rings (SSSR count).